The van der Waals surface area contributed by atoms with Crippen LogP contribution in [0.2, 0.25) is 25.7 Å². The number of ether oxygens (including phenoxy) is 3. The average Bonchev–Trinajstić information content (AvgIpc) is 2.98. The first kappa shape index (κ1) is 19.2. The third kappa shape index (κ3) is 4.72. The summed E-state index contributed by atoms with van der Waals surface area (Å²) in [6.45, 7) is 8.20. The molecule has 2 rings (SSSR count). The first-order chi connectivity index (χ1) is 11.3. The minimum absolute atomic E-state index is 0.303. The average molecular weight is 371 g/mol. The van der Waals surface area contributed by atoms with E-state index in [2.05, 4.69) is 24.7 Å². The van der Waals surface area contributed by atoms with Gasteiger partial charge in [0.2, 0.25) is 0 Å². The second kappa shape index (κ2) is 7.87. The fourth-order valence-corrected chi connectivity index (χ4v) is 3.57. The van der Waals surface area contributed by atoms with E-state index in [4.69, 9.17) is 25.8 Å². The second-order valence-corrected chi connectivity index (χ2v) is 13.3. The minimum Gasteiger partial charge on any atom is -0.500 e. The van der Waals surface area contributed by atoms with E-state index < -0.39 is 13.1 Å². The van der Waals surface area contributed by atoms with Crippen LogP contribution >= 0.6 is 11.6 Å². The number of allylic oxidation sites excluding steroid dienone is 2. The normalized spacial score (nSPS) is 24.1. The lowest BCUT2D eigenvalue weighted by atomic mass is 9.91. The number of aromatic nitrogens is 2. The minimum atomic E-state index is -1.08. The molecule has 7 heteroatoms. The molecule has 1 aliphatic rings. The second-order valence-electron chi connectivity index (χ2n) is 7.10. The fraction of sp³-hybridized carbons (Fsp3) is 0.588. The summed E-state index contributed by atoms with van der Waals surface area (Å²) in [5.74, 6) is 0.418. The Morgan fingerprint density at radius 2 is 2.08 bits per heavy atom. The van der Waals surface area contributed by atoms with Gasteiger partial charge in [0, 0.05) is 28.0 Å². The molecule has 1 aromatic heterocycles. The third-order valence-corrected chi connectivity index (χ3v) is 6.19. The number of rotatable bonds is 8. The van der Waals surface area contributed by atoms with Gasteiger partial charge in [-0.25, -0.2) is 4.68 Å². The maximum absolute atomic E-state index is 6.61. The molecule has 0 spiro atoms. The van der Waals surface area contributed by atoms with Crippen LogP contribution in [0, 0.1) is 0 Å². The van der Waals surface area contributed by atoms with Crippen molar-refractivity contribution in [1.29, 1.82) is 0 Å². The highest BCUT2D eigenvalue weighted by molar-refractivity contribution is 6.76. The predicted molar refractivity (Wildman–Crippen MR) is 98.9 cm³/mol. The Balaban J connectivity index is 2.05. The van der Waals surface area contributed by atoms with Crippen molar-refractivity contribution in [3.8, 4) is 0 Å². The Bertz CT molecular complexity index is 609. The van der Waals surface area contributed by atoms with Gasteiger partial charge < -0.3 is 14.2 Å². The molecule has 0 radical (unpaired) electrons. The van der Waals surface area contributed by atoms with Crippen LogP contribution < -0.4 is 0 Å². The zero-order valence-corrected chi connectivity index (χ0v) is 16.8. The van der Waals surface area contributed by atoms with E-state index in [1.54, 1.807) is 18.9 Å². The smallest absolute Gasteiger partial charge is 0.175 e. The van der Waals surface area contributed by atoms with Crippen molar-refractivity contribution < 1.29 is 14.2 Å². The molecule has 5 nitrogen and oxygen atoms in total. The van der Waals surface area contributed by atoms with Crippen molar-refractivity contribution in [2.24, 2.45) is 0 Å². The highest BCUT2D eigenvalue weighted by Crippen LogP contribution is 2.43. The summed E-state index contributed by atoms with van der Waals surface area (Å²) < 4.78 is 18.5. The molecular weight excluding hydrogens is 344 g/mol. The fourth-order valence-electron chi connectivity index (χ4n) is 2.52. The zero-order chi connectivity index (χ0) is 17.8. The van der Waals surface area contributed by atoms with Crippen LogP contribution in [0.1, 0.15) is 11.6 Å². The molecule has 0 N–H and O–H groups in total. The van der Waals surface area contributed by atoms with Crippen LogP contribution in [0.4, 0.5) is 0 Å². The zero-order valence-electron chi connectivity index (χ0n) is 15.1. The van der Waals surface area contributed by atoms with E-state index in [-0.39, 0.29) is 5.92 Å². The first-order valence-electron chi connectivity index (χ1n) is 8.07. The van der Waals surface area contributed by atoms with Gasteiger partial charge in [-0.1, -0.05) is 37.3 Å². The standard InChI is InChI=1S/C17H27ClN2O3Si/c1-21-15-7-6-9-17(18,22-2)16(15)14-8-10-20(19-14)13-23-11-12-24(3,4)5/h6-10,16H,11-13H2,1-5H3. The summed E-state index contributed by atoms with van der Waals surface area (Å²) in [6, 6.07) is 3.06. The number of halogens is 1. The Hall–Kier alpha value is -1.08. The van der Waals surface area contributed by atoms with Gasteiger partial charge >= 0.3 is 0 Å². The van der Waals surface area contributed by atoms with E-state index in [0.29, 0.717) is 6.73 Å². The van der Waals surface area contributed by atoms with Crippen molar-refractivity contribution in [2.45, 2.75) is 43.4 Å². The topological polar surface area (TPSA) is 45.5 Å². The maximum atomic E-state index is 6.61. The number of nitrogens with zero attached hydrogens (tertiary/aromatic N) is 2. The molecule has 1 aromatic rings. The van der Waals surface area contributed by atoms with Gasteiger partial charge in [-0.15, -0.1) is 0 Å². The monoisotopic (exact) mass is 370 g/mol. The van der Waals surface area contributed by atoms with Crippen molar-refractivity contribution in [1.82, 2.24) is 9.78 Å². The summed E-state index contributed by atoms with van der Waals surface area (Å²) in [5.41, 5.74) is 0.790. The Kier molecular flexibility index (Phi) is 6.31. The van der Waals surface area contributed by atoms with Gasteiger partial charge in [0.1, 0.15) is 18.4 Å². The SMILES string of the molecule is COC1=CC=CC(Cl)(OC)C1c1ccn(COCC[Si](C)(C)C)n1. The quantitative estimate of drug-likeness (QED) is 0.394. The molecule has 0 aromatic carbocycles. The van der Waals surface area contributed by atoms with Crippen LogP contribution in [0.15, 0.2) is 36.3 Å². The largest absolute Gasteiger partial charge is 0.500 e. The van der Waals surface area contributed by atoms with Crippen LogP contribution in [0.3, 0.4) is 0 Å². The van der Waals surface area contributed by atoms with E-state index in [9.17, 15) is 0 Å². The Morgan fingerprint density at radius 3 is 2.71 bits per heavy atom. The molecule has 0 saturated heterocycles. The summed E-state index contributed by atoms with van der Waals surface area (Å²) in [7, 11) is 2.13. The van der Waals surface area contributed by atoms with Gasteiger partial charge in [0.05, 0.1) is 12.8 Å². The van der Waals surface area contributed by atoms with Crippen molar-refractivity contribution >= 4 is 19.7 Å². The Morgan fingerprint density at radius 1 is 1.33 bits per heavy atom. The van der Waals surface area contributed by atoms with Crippen LogP contribution in [0.25, 0.3) is 0 Å². The van der Waals surface area contributed by atoms with E-state index in [0.717, 1.165) is 24.1 Å². The molecule has 0 fully saturated rings. The molecule has 0 bridgehead atoms. The maximum Gasteiger partial charge on any atom is 0.175 e. The van der Waals surface area contributed by atoms with E-state index >= 15 is 0 Å². The number of hydrogen-bond acceptors (Lipinski definition) is 4. The summed E-state index contributed by atoms with van der Waals surface area (Å²) in [5, 5.41) is 3.59. The molecule has 2 unspecified atom stereocenters. The van der Waals surface area contributed by atoms with Gasteiger partial charge in [0.25, 0.3) is 0 Å². The van der Waals surface area contributed by atoms with Gasteiger partial charge in [-0.3, -0.25) is 0 Å². The van der Waals surface area contributed by atoms with Crippen molar-refractivity contribution in [3.05, 3.63) is 41.9 Å². The van der Waals surface area contributed by atoms with Crippen LogP contribution in [0.5, 0.6) is 0 Å². The molecule has 0 aliphatic heterocycles. The summed E-state index contributed by atoms with van der Waals surface area (Å²) >= 11 is 6.61. The molecule has 24 heavy (non-hydrogen) atoms. The molecular formula is C17H27ClN2O3Si. The molecule has 2 atom stereocenters. The molecule has 134 valence electrons. The molecule has 0 saturated carbocycles. The van der Waals surface area contributed by atoms with Gasteiger partial charge in [-0.05, 0) is 24.3 Å². The predicted octanol–water partition coefficient (Wildman–Crippen LogP) is 3.96. The third-order valence-electron chi connectivity index (χ3n) is 3.99. The van der Waals surface area contributed by atoms with Gasteiger partial charge in [0.15, 0.2) is 5.06 Å². The molecule has 0 amide bonds. The Labute approximate surface area is 150 Å². The van der Waals surface area contributed by atoms with Crippen LogP contribution in [-0.4, -0.2) is 43.7 Å². The van der Waals surface area contributed by atoms with Crippen LogP contribution in [-0.2, 0) is 20.9 Å². The highest BCUT2D eigenvalue weighted by atomic mass is 35.5. The van der Waals surface area contributed by atoms with Crippen molar-refractivity contribution in [2.75, 3.05) is 20.8 Å². The highest BCUT2D eigenvalue weighted by Gasteiger charge is 2.42. The lowest BCUT2D eigenvalue weighted by molar-refractivity contribution is 0.0644. The lowest BCUT2D eigenvalue weighted by Crippen LogP contribution is -2.34. The molecule has 1 heterocycles. The first-order valence-corrected chi connectivity index (χ1v) is 12.2. The van der Waals surface area contributed by atoms with E-state index in [1.165, 1.54) is 0 Å². The number of alkyl halides is 1. The lowest BCUT2D eigenvalue weighted by Gasteiger charge is -2.33. The number of hydrogen-bond donors (Lipinski definition) is 0. The van der Waals surface area contributed by atoms with Crippen molar-refractivity contribution in [3.63, 3.8) is 0 Å². The number of methoxy groups -OCH3 is 2. The van der Waals surface area contributed by atoms with E-state index in [1.807, 2.05) is 30.5 Å². The summed E-state index contributed by atoms with van der Waals surface area (Å²) in [4.78, 5) is 0. The van der Waals surface area contributed by atoms with Gasteiger partial charge in [-0.2, -0.15) is 5.10 Å². The summed E-state index contributed by atoms with van der Waals surface area (Å²) in [6.07, 6.45) is 7.42. The molecule has 1 aliphatic carbocycles.